The van der Waals surface area contributed by atoms with Crippen LogP contribution in [0.4, 0.5) is 0 Å². The molecule has 0 radical (unpaired) electrons. The molecular weight excluding hydrogens is 304 g/mol. The molecule has 0 N–H and O–H groups in total. The molecule has 0 spiro atoms. The first-order valence-electron chi connectivity index (χ1n) is 9.42. The van der Waals surface area contributed by atoms with Gasteiger partial charge in [-0.1, -0.05) is 51.1 Å². The fraction of sp³-hybridized carbons (Fsp3) is 0.391. The van der Waals surface area contributed by atoms with Crippen LogP contribution in [0.1, 0.15) is 68.7 Å². The standard InChI is InChI=1S/C23H24N2/c1-23(2,3)19-12-17-18(13-24-19)25-22(14-7-5-4-6-8-14)21-16-10-9-15(11-16)20(17)21/h4-8,12-13,15-16H,9-11H2,1-3H3. The van der Waals surface area contributed by atoms with Gasteiger partial charge in [0.15, 0.2) is 0 Å². The maximum atomic E-state index is 5.10. The average molecular weight is 328 g/mol. The van der Waals surface area contributed by atoms with Gasteiger partial charge in [0.1, 0.15) is 0 Å². The van der Waals surface area contributed by atoms with Crippen LogP contribution >= 0.6 is 0 Å². The van der Waals surface area contributed by atoms with Gasteiger partial charge in [0.05, 0.1) is 17.4 Å². The summed E-state index contributed by atoms with van der Waals surface area (Å²) >= 11 is 0. The van der Waals surface area contributed by atoms with E-state index in [1.54, 1.807) is 5.56 Å². The quantitative estimate of drug-likeness (QED) is 0.551. The van der Waals surface area contributed by atoms with E-state index in [9.17, 15) is 0 Å². The Morgan fingerprint density at radius 1 is 0.960 bits per heavy atom. The molecular formula is C23H24N2. The highest BCUT2D eigenvalue weighted by Gasteiger charge is 2.40. The molecule has 3 aromatic rings. The summed E-state index contributed by atoms with van der Waals surface area (Å²) in [4.78, 5) is 9.83. The molecule has 2 aliphatic rings. The van der Waals surface area contributed by atoms with Gasteiger partial charge in [-0.2, -0.15) is 0 Å². The molecule has 2 heteroatoms. The van der Waals surface area contributed by atoms with Crippen molar-refractivity contribution < 1.29 is 0 Å². The van der Waals surface area contributed by atoms with Crippen molar-refractivity contribution in [1.82, 2.24) is 9.97 Å². The zero-order chi connectivity index (χ0) is 17.2. The van der Waals surface area contributed by atoms with E-state index in [-0.39, 0.29) is 5.41 Å². The van der Waals surface area contributed by atoms with Crippen LogP contribution in [0, 0.1) is 0 Å². The first-order chi connectivity index (χ1) is 12.0. The Kier molecular flexibility index (Phi) is 3.10. The highest BCUT2D eigenvalue weighted by Crippen LogP contribution is 2.57. The second-order valence-electron chi connectivity index (χ2n) is 8.70. The zero-order valence-electron chi connectivity index (χ0n) is 15.2. The second kappa shape index (κ2) is 5.14. The van der Waals surface area contributed by atoms with Crippen LogP contribution in [0.5, 0.6) is 0 Å². The van der Waals surface area contributed by atoms with Crippen molar-refractivity contribution >= 4 is 10.9 Å². The van der Waals surface area contributed by atoms with Gasteiger partial charge < -0.3 is 0 Å². The van der Waals surface area contributed by atoms with Crippen molar-refractivity contribution in [3.8, 4) is 11.3 Å². The van der Waals surface area contributed by atoms with Crippen molar-refractivity contribution in [2.24, 2.45) is 0 Å². The van der Waals surface area contributed by atoms with Crippen LogP contribution in [0.25, 0.3) is 22.2 Å². The molecule has 1 aromatic carbocycles. The summed E-state index contributed by atoms with van der Waals surface area (Å²) in [6.45, 7) is 6.71. The Balaban J connectivity index is 1.83. The lowest BCUT2D eigenvalue weighted by atomic mass is 9.85. The van der Waals surface area contributed by atoms with Gasteiger partial charge in [-0.15, -0.1) is 0 Å². The first-order valence-corrected chi connectivity index (χ1v) is 9.42. The van der Waals surface area contributed by atoms with Gasteiger partial charge in [-0.3, -0.25) is 4.98 Å². The lowest BCUT2D eigenvalue weighted by Crippen LogP contribution is -2.14. The SMILES string of the molecule is CC(C)(C)c1cc2c3c(c(-c4ccccc4)nc2cn1)C1CCC3C1. The molecule has 2 aliphatic carbocycles. The highest BCUT2D eigenvalue weighted by molar-refractivity contribution is 5.89. The molecule has 2 aromatic heterocycles. The molecule has 2 bridgehead atoms. The summed E-state index contributed by atoms with van der Waals surface area (Å²) in [6, 6.07) is 13.0. The van der Waals surface area contributed by atoms with E-state index >= 15 is 0 Å². The number of nitrogens with zero attached hydrogens (tertiary/aromatic N) is 2. The third kappa shape index (κ3) is 2.23. The minimum Gasteiger partial charge on any atom is -0.258 e. The van der Waals surface area contributed by atoms with E-state index in [4.69, 9.17) is 9.97 Å². The van der Waals surface area contributed by atoms with E-state index in [0.29, 0.717) is 11.8 Å². The number of pyridine rings is 2. The molecule has 2 unspecified atom stereocenters. The Hall–Kier alpha value is -2.22. The van der Waals surface area contributed by atoms with Gasteiger partial charge in [0, 0.05) is 22.1 Å². The van der Waals surface area contributed by atoms with Gasteiger partial charge in [-0.25, -0.2) is 4.98 Å². The topological polar surface area (TPSA) is 25.8 Å². The lowest BCUT2D eigenvalue weighted by molar-refractivity contribution is 0.570. The lowest BCUT2D eigenvalue weighted by Gasteiger charge is -2.23. The predicted molar refractivity (Wildman–Crippen MR) is 103 cm³/mol. The molecule has 2 heterocycles. The van der Waals surface area contributed by atoms with Crippen LogP contribution in [0.3, 0.4) is 0 Å². The third-order valence-corrected chi connectivity index (χ3v) is 6.02. The minimum atomic E-state index is 0.0663. The normalized spacial score (nSPS) is 21.7. The molecule has 1 saturated carbocycles. The summed E-state index contributed by atoms with van der Waals surface area (Å²) in [5, 5.41) is 1.35. The molecule has 5 rings (SSSR count). The van der Waals surface area contributed by atoms with E-state index in [1.807, 2.05) is 6.20 Å². The van der Waals surface area contributed by atoms with Gasteiger partial charge >= 0.3 is 0 Å². The summed E-state index contributed by atoms with van der Waals surface area (Å²) in [5.41, 5.74) is 7.83. The van der Waals surface area contributed by atoms with E-state index in [2.05, 4.69) is 57.2 Å². The van der Waals surface area contributed by atoms with Gasteiger partial charge in [-0.05, 0) is 48.3 Å². The smallest absolute Gasteiger partial charge is 0.0895 e. The van der Waals surface area contributed by atoms with Crippen LogP contribution < -0.4 is 0 Å². The highest BCUT2D eigenvalue weighted by atomic mass is 14.8. The zero-order valence-corrected chi connectivity index (χ0v) is 15.2. The molecule has 126 valence electrons. The molecule has 0 saturated heterocycles. The van der Waals surface area contributed by atoms with Crippen LogP contribution in [0.15, 0.2) is 42.6 Å². The number of aromatic nitrogens is 2. The summed E-state index contributed by atoms with van der Waals surface area (Å²) < 4.78 is 0. The summed E-state index contributed by atoms with van der Waals surface area (Å²) in [5.74, 6) is 1.40. The number of rotatable bonds is 1. The Morgan fingerprint density at radius 2 is 1.68 bits per heavy atom. The van der Waals surface area contributed by atoms with Crippen molar-refractivity contribution in [3.63, 3.8) is 0 Å². The molecule has 2 atom stereocenters. The van der Waals surface area contributed by atoms with Crippen LogP contribution in [0.2, 0.25) is 0 Å². The number of hydrogen-bond acceptors (Lipinski definition) is 2. The molecule has 0 aliphatic heterocycles. The van der Waals surface area contributed by atoms with E-state index in [1.165, 1.54) is 47.2 Å². The van der Waals surface area contributed by atoms with E-state index < -0.39 is 0 Å². The Labute approximate surface area is 149 Å². The third-order valence-electron chi connectivity index (χ3n) is 6.02. The monoisotopic (exact) mass is 328 g/mol. The second-order valence-corrected chi connectivity index (χ2v) is 8.70. The fourth-order valence-electron chi connectivity index (χ4n) is 4.79. The number of benzene rings is 1. The van der Waals surface area contributed by atoms with Crippen molar-refractivity contribution in [3.05, 3.63) is 59.4 Å². The van der Waals surface area contributed by atoms with Gasteiger partial charge in [0.25, 0.3) is 0 Å². The van der Waals surface area contributed by atoms with E-state index in [0.717, 1.165) is 5.52 Å². The Morgan fingerprint density at radius 3 is 2.40 bits per heavy atom. The average Bonchev–Trinajstić information content (AvgIpc) is 3.23. The largest absolute Gasteiger partial charge is 0.258 e. The number of hydrogen-bond donors (Lipinski definition) is 0. The predicted octanol–water partition coefficient (Wildman–Crippen LogP) is 5.96. The number of fused-ring (bicyclic) bond motifs is 7. The van der Waals surface area contributed by atoms with Crippen LogP contribution in [-0.2, 0) is 5.41 Å². The first kappa shape index (κ1) is 15.1. The Bertz CT molecular complexity index is 967. The molecule has 1 fully saturated rings. The van der Waals surface area contributed by atoms with Crippen molar-refractivity contribution in [1.29, 1.82) is 0 Å². The summed E-state index contributed by atoms with van der Waals surface area (Å²) in [7, 11) is 0. The van der Waals surface area contributed by atoms with Crippen molar-refractivity contribution in [2.75, 3.05) is 0 Å². The molecule has 25 heavy (non-hydrogen) atoms. The van der Waals surface area contributed by atoms with Gasteiger partial charge in [0.2, 0.25) is 0 Å². The van der Waals surface area contributed by atoms with Crippen LogP contribution in [-0.4, -0.2) is 9.97 Å². The molecule has 2 nitrogen and oxygen atoms in total. The minimum absolute atomic E-state index is 0.0663. The van der Waals surface area contributed by atoms with Crippen molar-refractivity contribution in [2.45, 2.75) is 57.3 Å². The summed E-state index contributed by atoms with van der Waals surface area (Å²) in [6.07, 6.45) is 5.96. The molecule has 0 amide bonds. The maximum Gasteiger partial charge on any atom is 0.0895 e. The maximum absolute atomic E-state index is 5.10. The fourth-order valence-corrected chi connectivity index (χ4v) is 4.79.